The molecule has 2 fully saturated rings. The molecule has 13 heteroatoms. The van der Waals surface area contributed by atoms with Crippen LogP contribution in [0.15, 0.2) is 18.2 Å². The lowest BCUT2D eigenvalue weighted by Gasteiger charge is -2.48. The first kappa shape index (κ1) is 35.7. The van der Waals surface area contributed by atoms with Gasteiger partial charge in [0, 0.05) is 41.6 Å². The number of hydrogen-bond donors (Lipinski definition) is 5. The Morgan fingerprint density at radius 2 is 1.47 bits per heavy atom. The zero-order valence-corrected chi connectivity index (χ0v) is 29.0. The molecule has 0 spiro atoms. The van der Waals surface area contributed by atoms with E-state index < -0.39 is 83.1 Å². The Labute approximate surface area is 285 Å². The molecule has 49 heavy (non-hydrogen) atoms. The number of carbonyl (C=O) groups is 2. The summed E-state index contributed by atoms with van der Waals surface area (Å²) < 4.78 is 25.6. The predicted molar refractivity (Wildman–Crippen MR) is 176 cm³/mol. The van der Waals surface area contributed by atoms with Crippen LogP contribution >= 0.6 is 0 Å². The fourth-order valence-corrected chi connectivity index (χ4v) is 8.06. The topological polar surface area (TPSA) is 179 Å². The number of nitrogens with zero attached hydrogens (tertiary/aromatic N) is 2. The molecule has 0 saturated carbocycles. The van der Waals surface area contributed by atoms with E-state index in [1.807, 2.05) is 51.8 Å². The fourth-order valence-electron chi connectivity index (χ4n) is 8.06. The Morgan fingerprint density at radius 3 is 2.12 bits per heavy atom. The first-order valence-electron chi connectivity index (χ1n) is 17.0. The average Bonchev–Trinajstić information content (AvgIpc) is 3.04. The lowest BCUT2D eigenvalue weighted by molar-refractivity contribution is -0.313. The number of rotatable bonds is 7. The summed E-state index contributed by atoms with van der Waals surface area (Å²) in [5.41, 5.74) is -2.40. The lowest BCUT2D eigenvalue weighted by Crippen LogP contribution is -2.59. The Kier molecular flexibility index (Phi) is 9.61. The molecule has 0 aromatic heterocycles. The van der Waals surface area contributed by atoms with E-state index in [1.54, 1.807) is 6.92 Å². The summed E-state index contributed by atoms with van der Waals surface area (Å²) in [5, 5.41) is 56.3. The van der Waals surface area contributed by atoms with Gasteiger partial charge in [0.15, 0.2) is 18.4 Å². The number of ether oxygens (including phenoxy) is 4. The second-order valence-electron chi connectivity index (χ2n) is 14.3. The van der Waals surface area contributed by atoms with Crippen molar-refractivity contribution in [3.8, 4) is 17.2 Å². The van der Waals surface area contributed by atoms with Gasteiger partial charge >= 0.3 is 0 Å². The van der Waals surface area contributed by atoms with Crippen molar-refractivity contribution in [3.63, 3.8) is 0 Å². The van der Waals surface area contributed by atoms with Gasteiger partial charge in [-0.05, 0) is 67.4 Å². The average molecular weight is 685 g/mol. The molecule has 2 aliphatic heterocycles. The van der Waals surface area contributed by atoms with Crippen LogP contribution < -0.4 is 0 Å². The van der Waals surface area contributed by atoms with Crippen LogP contribution in [-0.2, 0) is 25.4 Å². The second-order valence-corrected chi connectivity index (χ2v) is 14.3. The first-order valence-corrected chi connectivity index (χ1v) is 17.0. The van der Waals surface area contributed by atoms with Crippen molar-refractivity contribution >= 4 is 11.6 Å². The van der Waals surface area contributed by atoms with Gasteiger partial charge in [0.1, 0.15) is 29.5 Å². The molecule has 5 N–H and O–H groups in total. The molecule has 13 nitrogen and oxygen atoms in total. The van der Waals surface area contributed by atoms with Gasteiger partial charge in [-0.25, -0.2) is 0 Å². The monoisotopic (exact) mass is 684 g/mol. The summed E-state index contributed by atoms with van der Waals surface area (Å²) in [4.78, 5) is 31.3. The van der Waals surface area contributed by atoms with E-state index in [0.29, 0.717) is 12.8 Å². The normalized spacial score (nSPS) is 34.6. The summed E-state index contributed by atoms with van der Waals surface area (Å²) in [5.74, 6) is -2.96. The Balaban J connectivity index is 1.32. The molecule has 268 valence electrons. The zero-order chi connectivity index (χ0) is 35.7. The molecule has 6 rings (SSSR count). The number of carbonyl (C=O) groups excluding carboxylic acids is 2. The molecule has 0 bridgehead atoms. The van der Waals surface area contributed by atoms with Crippen molar-refractivity contribution < 1.29 is 54.1 Å². The maximum absolute atomic E-state index is 13.7. The molecule has 0 radical (unpaired) electrons. The molecule has 10 atom stereocenters. The van der Waals surface area contributed by atoms with Crippen LogP contribution in [0, 0.1) is 0 Å². The molecule has 0 amide bonds. The standard InChI is InChI=1S/C36H48N2O11/c1-8-36(45)13-12-19-26(33(44)28-27(31(19)42)32(43)25-18(30(28)41)10-9-11-22(25)39)35(36)49-24-15-21(38(6)7)34(17(3)47-24)48-23-14-20(37(4)5)29(40)16(2)46-23/h9-11,16-17,20-21,23-24,29,34-35,39-40,42,44-45H,8,12-15H2,1-7H3/t16-,17-,20-,21-,23+,24+,29-,34-,35+,36-/m1/s1. The van der Waals surface area contributed by atoms with E-state index in [4.69, 9.17) is 18.9 Å². The fraction of sp³-hybridized carbons (Fsp3) is 0.611. The highest BCUT2D eigenvalue weighted by Gasteiger charge is 2.51. The molecule has 2 heterocycles. The highest BCUT2D eigenvalue weighted by molar-refractivity contribution is 6.31. The van der Waals surface area contributed by atoms with Gasteiger partial charge in [0.05, 0.1) is 40.6 Å². The second kappa shape index (κ2) is 13.2. The van der Waals surface area contributed by atoms with Crippen LogP contribution in [0.1, 0.15) is 95.5 Å². The van der Waals surface area contributed by atoms with E-state index >= 15 is 0 Å². The summed E-state index contributed by atoms with van der Waals surface area (Å²) >= 11 is 0. The zero-order valence-electron chi connectivity index (χ0n) is 29.0. The first-order chi connectivity index (χ1) is 23.1. The van der Waals surface area contributed by atoms with Crippen molar-refractivity contribution in [1.29, 1.82) is 0 Å². The van der Waals surface area contributed by atoms with Crippen molar-refractivity contribution in [2.24, 2.45) is 0 Å². The van der Waals surface area contributed by atoms with Crippen molar-refractivity contribution in [2.45, 2.75) is 114 Å². The molecule has 2 aromatic carbocycles. The van der Waals surface area contributed by atoms with Crippen LogP contribution in [0.3, 0.4) is 0 Å². The number of fused-ring (bicyclic) bond motifs is 3. The number of hydrogen-bond acceptors (Lipinski definition) is 13. The van der Waals surface area contributed by atoms with Gasteiger partial charge in [0.25, 0.3) is 0 Å². The molecule has 2 aromatic rings. The van der Waals surface area contributed by atoms with E-state index in [-0.39, 0.29) is 59.2 Å². The van der Waals surface area contributed by atoms with E-state index in [9.17, 15) is 35.1 Å². The predicted octanol–water partition coefficient (Wildman–Crippen LogP) is 2.60. The molecule has 4 aliphatic rings. The number of phenolic OH excluding ortho intramolecular Hbond substituents is 3. The van der Waals surface area contributed by atoms with Gasteiger partial charge in [-0.15, -0.1) is 0 Å². The SMILES string of the molecule is CC[C@@]1(O)CCc2c(O)c3c(c(O)c2[C@@H]1O[C@H]1C[C@@H](N(C)C)[C@H](O[C@H]2C[C@@H](N(C)C)[C@H](O)[C@@H](C)O2)[C@@H](C)O1)C(=O)c1cccc(O)c1C3=O. The minimum Gasteiger partial charge on any atom is -0.507 e. The number of benzene rings is 2. The van der Waals surface area contributed by atoms with Crippen LogP contribution in [0.25, 0.3) is 0 Å². The third-order valence-electron chi connectivity index (χ3n) is 11.0. The van der Waals surface area contributed by atoms with Gasteiger partial charge in [-0.2, -0.15) is 0 Å². The third kappa shape index (κ3) is 5.93. The van der Waals surface area contributed by atoms with Crippen LogP contribution in [0.5, 0.6) is 17.2 Å². The van der Waals surface area contributed by atoms with E-state index in [1.165, 1.54) is 18.2 Å². The quantitative estimate of drug-likeness (QED) is 0.230. The summed E-state index contributed by atoms with van der Waals surface area (Å²) in [6.45, 7) is 5.46. The summed E-state index contributed by atoms with van der Waals surface area (Å²) in [6, 6.07) is 3.70. The third-order valence-corrected chi connectivity index (χ3v) is 11.0. The lowest BCUT2D eigenvalue weighted by atomic mass is 9.71. The van der Waals surface area contributed by atoms with Crippen LogP contribution in [0.2, 0.25) is 0 Å². The van der Waals surface area contributed by atoms with Crippen molar-refractivity contribution in [1.82, 2.24) is 9.80 Å². The molecular formula is C36H48N2O11. The Morgan fingerprint density at radius 1 is 0.857 bits per heavy atom. The smallest absolute Gasteiger partial charge is 0.202 e. The summed E-state index contributed by atoms with van der Waals surface area (Å²) in [7, 11) is 7.65. The van der Waals surface area contributed by atoms with E-state index in [2.05, 4.69) is 0 Å². The molecule has 2 saturated heterocycles. The number of aliphatic hydroxyl groups is 2. The van der Waals surface area contributed by atoms with Gasteiger partial charge in [-0.1, -0.05) is 19.1 Å². The highest BCUT2D eigenvalue weighted by Crippen LogP contribution is 2.54. The molecule has 2 aliphatic carbocycles. The number of aromatic hydroxyl groups is 3. The number of aliphatic hydroxyl groups excluding tert-OH is 1. The molecular weight excluding hydrogens is 636 g/mol. The minimum atomic E-state index is -1.51. The van der Waals surface area contributed by atoms with Gasteiger partial charge in [-0.3, -0.25) is 9.59 Å². The van der Waals surface area contributed by atoms with Gasteiger partial charge in [0.2, 0.25) is 5.78 Å². The Bertz CT molecular complexity index is 1630. The van der Waals surface area contributed by atoms with Crippen molar-refractivity contribution in [2.75, 3.05) is 28.2 Å². The number of likely N-dealkylation sites (N-methyl/N-ethyl adjacent to an activating group) is 2. The van der Waals surface area contributed by atoms with Crippen LogP contribution in [-0.4, -0.2) is 130 Å². The number of phenols is 3. The maximum Gasteiger partial charge on any atom is 0.202 e. The minimum absolute atomic E-state index is 0.0329. The molecule has 0 unspecified atom stereocenters. The Hall–Kier alpha value is -3.14. The largest absolute Gasteiger partial charge is 0.507 e. The van der Waals surface area contributed by atoms with Gasteiger partial charge < -0.3 is 54.3 Å². The van der Waals surface area contributed by atoms with E-state index in [0.717, 1.165) is 0 Å². The van der Waals surface area contributed by atoms with Crippen molar-refractivity contribution in [3.05, 3.63) is 51.6 Å². The van der Waals surface area contributed by atoms with Crippen LogP contribution in [0.4, 0.5) is 0 Å². The highest BCUT2D eigenvalue weighted by atomic mass is 16.7. The number of ketones is 2. The maximum atomic E-state index is 13.7. The summed E-state index contributed by atoms with van der Waals surface area (Å²) in [6.07, 6.45) is -3.55.